The van der Waals surface area contributed by atoms with Gasteiger partial charge in [-0.1, -0.05) is 0 Å². The normalized spacial score (nSPS) is 11.4. The Labute approximate surface area is 110 Å². The Morgan fingerprint density at radius 2 is 1.65 bits per heavy atom. The van der Waals surface area contributed by atoms with Crippen molar-refractivity contribution in [3.63, 3.8) is 0 Å². The Morgan fingerprint density at radius 1 is 0.950 bits per heavy atom. The lowest BCUT2D eigenvalue weighted by Gasteiger charge is -2.12. The van der Waals surface area contributed by atoms with Crippen LogP contribution in [-0.2, 0) is 6.18 Å². The van der Waals surface area contributed by atoms with E-state index in [4.69, 9.17) is 10.5 Å². The number of nitrogens with two attached hydrogens (primary N) is 1. The zero-order chi connectivity index (χ0) is 14.9. The van der Waals surface area contributed by atoms with Gasteiger partial charge in [-0.05, 0) is 30.3 Å². The summed E-state index contributed by atoms with van der Waals surface area (Å²) in [6.07, 6.45) is -4.85. The molecule has 0 aromatic heterocycles. The first-order chi connectivity index (χ1) is 9.27. The van der Waals surface area contributed by atoms with Crippen molar-refractivity contribution in [2.75, 3.05) is 5.73 Å². The largest absolute Gasteiger partial charge is 0.455 e. The Morgan fingerprint density at radius 3 is 2.30 bits per heavy atom. The number of benzene rings is 2. The van der Waals surface area contributed by atoms with Gasteiger partial charge >= 0.3 is 6.18 Å². The van der Waals surface area contributed by atoms with Gasteiger partial charge in [0.05, 0.1) is 11.3 Å². The van der Waals surface area contributed by atoms with E-state index in [0.29, 0.717) is 12.1 Å². The van der Waals surface area contributed by atoms with Gasteiger partial charge in [0.25, 0.3) is 0 Å². The molecule has 0 amide bonds. The molecule has 2 aromatic carbocycles. The van der Waals surface area contributed by atoms with Crippen molar-refractivity contribution in [2.45, 2.75) is 6.18 Å². The van der Waals surface area contributed by atoms with Crippen LogP contribution in [0.3, 0.4) is 0 Å². The Hall–Kier alpha value is -2.31. The summed E-state index contributed by atoms with van der Waals surface area (Å²) in [6, 6.07) is 5.31. The fourth-order valence-corrected chi connectivity index (χ4v) is 1.51. The van der Waals surface area contributed by atoms with E-state index in [1.54, 1.807) is 0 Å². The zero-order valence-electron chi connectivity index (χ0n) is 9.84. The third-order valence-electron chi connectivity index (χ3n) is 2.45. The molecule has 0 unspecified atom stereocenters. The minimum atomic E-state index is -4.85. The molecule has 0 saturated heterocycles. The number of nitrogen functional groups attached to an aromatic ring is 1. The molecule has 0 atom stereocenters. The maximum atomic E-state index is 13.1. The van der Waals surface area contributed by atoms with Crippen molar-refractivity contribution in [2.24, 2.45) is 0 Å². The molecule has 2 N–H and O–H groups in total. The molecule has 0 aliphatic rings. The summed E-state index contributed by atoms with van der Waals surface area (Å²) in [4.78, 5) is 0. The molecule has 2 rings (SSSR count). The fourth-order valence-electron chi connectivity index (χ4n) is 1.51. The summed E-state index contributed by atoms with van der Waals surface area (Å²) in [6.45, 7) is 0. The minimum Gasteiger partial charge on any atom is -0.455 e. The first kappa shape index (κ1) is 14.1. The lowest BCUT2D eigenvalue weighted by Crippen LogP contribution is -2.08. The van der Waals surface area contributed by atoms with Crippen LogP contribution in [0.4, 0.5) is 27.6 Å². The lowest BCUT2D eigenvalue weighted by molar-refractivity contribution is -0.140. The van der Waals surface area contributed by atoms with Gasteiger partial charge in [0.15, 0.2) is 5.75 Å². The summed E-state index contributed by atoms with van der Waals surface area (Å²) in [7, 11) is 0. The van der Waals surface area contributed by atoms with Crippen molar-refractivity contribution in [1.29, 1.82) is 0 Å². The summed E-state index contributed by atoms with van der Waals surface area (Å²) in [5.41, 5.74) is 4.08. The molecule has 0 fully saturated rings. The smallest absolute Gasteiger partial charge is 0.419 e. The minimum absolute atomic E-state index is 0.0456. The van der Waals surface area contributed by atoms with Crippen molar-refractivity contribution in [1.82, 2.24) is 0 Å². The average Bonchev–Trinajstić information content (AvgIpc) is 2.35. The van der Waals surface area contributed by atoms with Crippen LogP contribution in [0, 0.1) is 11.6 Å². The van der Waals surface area contributed by atoms with Gasteiger partial charge in [0.1, 0.15) is 17.4 Å². The van der Waals surface area contributed by atoms with E-state index < -0.39 is 23.4 Å². The molecule has 0 radical (unpaired) electrons. The molecule has 106 valence electrons. The molecular formula is C13H8F5NO. The van der Waals surface area contributed by atoms with Gasteiger partial charge in [0, 0.05) is 6.07 Å². The molecule has 2 aromatic rings. The monoisotopic (exact) mass is 289 g/mol. The maximum Gasteiger partial charge on any atom is 0.419 e. The van der Waals surface area contributed by atoms with Crippen LogP contribution >= 0.6 is 0 Å². The van der Waals surface area contributed by atoms with Gasteiger partial charge in [-0.25, -0.2) is 8.78 Å². The van der Waals surface area contributed by atoms with Crippen molar-refractivity contribution in [3.8, 4) is 11.5 Å². The second-order valence-electron chi connectivity index (χ2n) is 3.92. The number of anilines is 1. The van der Waals surface area contributed by atoms with Crippen molar-refractivity contribution >= 4 is 5.69 Å². The van der Waals surface area contributed by atoms with Crippen LogP contribution < -0.4 is 10.5 Å². The van der Waals surface area contributed by atoms with E-state index in [9.17, 15) is 22.0 Å². The fraction of sp³-hybridized carbons (Fsp3) is 0.0769. The second kappa shape index (κ2) is 4.99. The third kappa shape index (κ3) is 2.98. The molecular weight excluding hydrogens is 281 g/mol. The second-order valence-corrected chi connectivity index (χ2v) is 3.92. The van der Waals surface area contributed by atoms with Crippen molar-refractivity contribution in [3.05, 3.63) is 53.6 Å². The van der Waals surface area contributed by atoms with E-state index in [-0.39, 0.29) is 17.2 Å². The Balaban J connectivity index is 2.37. The highest BCUT2D eigenvalue weighted by molar-refractivity contribution is 5.54. The van der Waals surface area contributed by atoms with Crippen LogP contribution in [-0.4, -0.2) is 0 Å². The molecule has 0 bridgehead atoms. The van der Waals surface area contributed by atoms with E-state index >= 15 is 0 Å². The number of halogens is 5. The third-order valence-corrected chi connectivity index (χ3v) is 2.45. The maximum absolute atomic E-state index is 13.1. The highest BCUT2D eigenvalue weighted by Crippen LogP contribution is 2.35. The first-order valence-electron chi connectivity index (χ1n) is 5.37. The van der Waals surface area contributed by atoms with Crippen LogP contribution in [0.5, 0.6) is 11.5 Å². The van der Waals surface area contributed by atoms with E-state index in [0.717, 1.165) is 18.2 Å². The van der Waals surface area contributed by atoms with Crippen LogP contribution in [0.1, 0.15) is 5.56 Å². The standard InChI is InChI=1S/C13H8F5NO/c14-7-1-4-11(19)12(5-7)20-8-2-3-10(15)9(6-8)13(16,17)18/h1-6H,19H2. The summed E-state index contributed by atoms with van der Waals surface area (Å²) in [5, 5.41) is 0. The van der Waals surface area contributed by atoms with E-state index in [2.05, 4.69) is 0 Å². The summed E-state index contributed by atoms with van der Waals surface area (Å²) in [5.74, 6) is -2.52. The SMILES string of the molecule is Nc1ccc(F)cc1Oc1ccc(F)c(C(F)(F)F)c1. The molecule has 0 saturated carbocycles. The van der Waals surface area contributed by atoms with Gasteiger partial charge < -0.3 is 10.5 Å². The summed E-state index contributed by atoms with van der Waals surface area (Å²) < 4.78 is 68.7. The number of ether oxygens (including phenoxy) is 1. The van der Waals surface area contributed by atoms with Crippen LogP contribution in [0.15, 0.2) is 36.4 Å². The molecule has 0 aliphatic heterocycles. The lowest BCUT2D eigenvalue weighted by atomic mass is 10.2. The zero-order valence-corrected chi connectivity index (χ0v) is 9.84. The average molecular weight is 289 g/mol. The highest BCUT2D eigenvalue weighted by Gasteiger charge is 2.34. The predicted molar refractivity (Wildman–Crippen MR) is 62.3 cm³/mol. The number of hydrogen-bond donors (Lipinski definition) is 1. The van der Waals surface area contributed by atoms with E-state index in [1.807, 2.05) is 0 Å². The topological polar surface area (TPSA) is 35.2 Å². The number of hydrogen-bond acceptors (Lipinski definition) is 2. The molecule has 7 heteroatoms. The van der Waals surface area contributed by atoms with Gasteiger partial charge in [-0.3, -0.25) is 0 Å². The Kier molecular flexibility index (Phi) is 3.52. The molecule has 20 heavy (non-hydrogen) atoms. The van der Waals surface area contributed by atoms with Crippen molar-refractivity contribution < 1.29 is 26.7 Å². The molecule has 0 heterocycles. The van der Waals surface area contributed by atoms with E-state index in [1.165, 1.54) is 6.07 Å². The van der Waals surface area contributed by atoms with Gasteiger partial charge in [-0.2, -0.15) is 13.2 Å². The molecule has 2 nitrogen and oxygen atoms in total. The predicted octanol–water partition coefficient (Wildman–Crippen LogP) is 4.36. The summed E-state index contributed by atoms with van der Waals surface area (Å²) >= 11 is 0. The van der Waals surface area contributed by atoms with Crippen LogP contribution in [0.25, 0.3) is 0 Å². The molecule has 0 spiro atoms. The van der Waals surface area contributed by atoms with Gasteiger partial charge in [-0.15, -0.1) is 0 Å². The molecule has 0 aliphatic carbocycles. The first-order valence-corrected chi connectivity index (χ1v) is 5.37. The Bertz CT molecular complexity index is 639. The number of alkyl halides is 3. The quantitative estimate of drug-likeness (QED) is 0.658. The van der Waals surface area contributed by atoms with Gasteiger partial charge in [0.2, 0.25) is 0 Å². The van der Waals surface area contributed by atoms with Crippen LogP contribution in [0.2, 0.25) is 0 Å². The highest BCUT2D eigenvalue weighted by atomic mass is 19.4. The number of rotatable bonds is 2.